The molecule has 0 aromatic heterocycles. The van der Waals surface area contributed by atoms with Crippen LogP contribution < -0.4 is 5.73 Å². The molecule has 20 heavy (non-hydrogen) atoms. The van der Waals surface area contributed by atoms with E-state index in [2.05, 4.69) is 43.1 Å². The van der Waals surface area contributed by atoms with E-state index in [1.165, 1.54) is 43.2 Å². The van der Waals surface area contributed by atoms with Crippen molar-refractivity contribution in [2.45, 2.75) is 50.5 Å². The summed E-state index contributed by atoms with van der Waals surface area (Å²) in [5.74, 6) is 0.705. The maximum Gasteiger partial charge on any atom is 0.191 e. The van der Waals surface area contributed by atoms with Gasteiger partial charge in [-0.2, -0.15) is 0 Å². The van der Waals surface area contributed by atoms with E-state index in [-0.39, 0.29) is 5.41 Å². The van der Waals surface area contributed by atoms with Crippen molar-refractivity contribution in [1.82, 2.24) is 4.90 Å². The average Bonchev–Trinajstić information content (AvgIpc) is 3.29. The van der Waals surface area contributed by atoms with E-state index in [1.807, 2.05) is 0 Å². The summed E-state index contributed by atoms with van der Waals surface area (Å²) in [6, 6.07) is 9.45. The van der Waals surface area contributed by atoms with Crippen molar-refractivity contribution < 1.29 is 0 Å². The van der Waals surface area contributed by atoms with Crippen LogP contribution in [-0.2, 0) is 11.8 Å². The summed E-state index contributed by atoms with van der Waals surface area (Å²) < 4.78 is 0. The monoisotopic (exact) mass is 271 g/mol. The smallest absolute Gasteiger partial charge is 0.191 e. The highest BCUT2D eigenvalue weighted by Crippen LogP contribution is 2.37. The maximum absolute atomic E-state index is 6.13. The van der Waals surface area contributed by atoms with Gasteiger partial charge >= 0.3 is 0 Å². The van der Waals surface area contributed by atoms with Gasteiger partial charge in [-0.15, -0.1) is 0 Å². The Labute approximate surface area is 121 Å². The van der Waals surface area contributed by atoms with E-state index in [4.69, 9.17) is 10.7 Å². The standard InChI is InChI=1S/C17H25N3/c1-17(12-19-16(18)20(2)14-9-10-14)11-5-7-13-6-3-4-8-15(13)17/h3-4,6,8,14H,5,7,9-12H2,1-2H3,(H2,18,19). The topological polar surface area (TPSA) is 41.6 Å². The molecule has 0 bridgehead atoms. The molecule has 0 radical (unpaired) electrons. The number of aliphatic imine (C=N–C) groups is 1. The van der Waals surface area contributed by atoms with Crippen LogP contribution in [0.2, 0.25) is 0 Å². The molecular weight excluding hydrogens is 246 g/mol. The van der Waals surface area contributed by atoms with Crippen LogP contribution in [0.4, 0.5) is 0 Å². The molecule has 3 nitrogen and oxygen atoms in total. The fourth-order valence-corrected chi connectivity index (χ4v) is 3.31. The van der Waals surface area contributed by atoms with Gasteiger partial charge in [-0.25, -0.2) is 0 Å². The van der Waals surface area contributed by atoms with Crippen molar-refractivity contribution in [2.75, 3.05) is 13.6 Å². The van der Waals surface area contributed by atoms with Crippen molar-refractivity contribution in [3.8, 4) is 0 Å². The van der Waals surface area contributed by atoms with Gasteiger partial charge < -0.3 is 10.6 Å². The number of guanidine groups is 1. The molecule has 3 rings (SSSR count). The zero-order chi connectivity index (χ0) is 14.2. The minimum atomic E-state index is 0.143. The third-order valence-corrected chi connectivity index (χ3v) is 4.89. The minimum absolute atomic E-state index is 0.143. The SMILES string of the molecule is CN(C(N)=NCC1(C)CCCc2ccccc21)C1CC1. The largest absolute Gasteiger partial charge is 0.370 e. The maximum atomic E-state index is 6.13. The first-order valence-corrected chi connectivity index (χ1v) is 7.71. The Morgan fingerprint density at radius 3 is 2.90 bits per heavy atom. The molecule has 1 saturated carbocycles. The molecule has 1 atom stereocenters. The van der Waals surface area contributed by atoms with Crippen LogP contribution in [0.25, 0.3) is 0 Å². The first-order chi connectivity index (χ1) is 9.60. The summed E-state index contributed by atoms with van der Waals surface area (Å²) in [6.45, 7) is 3.13. The van der Waals surface area contributed by atoms with Gasteiger partial charge in [-0.3, -0.25) is 4.99 Å². The van der Waals surface area contributed by atoms with Crippen LogP contribution in [0.1, 0.15) is 43.7 Å². The summed E-state index contributed by atoms with van der Waals surface area (Å²) in [5.41, 5.74) is 9.23. The lowest BCUT2D eigenvalue weighted by Gasteiger charge is -2.35. The predicted molar refractivity (Wildman–Crippen MR) is 84.0 cm³/mol. The molecule has 2 N–H and O–H groups in total. The Kier molecular flexibility index (Phi) is 3.45. The van der Waals surface area contributed by atoms with Crippen LogP contribution in [0.15, 0.2) is 29.3 Å². The van der Waals surface area contributed by atoms with Gasteiger partial charge in [0.1, 0.15) is 0 Å². The highest BCUT2D eigenvalue weighted by atomic mass is 15.3. The Hall–Kier alpha value is -1.51. The van der Waals surface area contributed by atoms with E-state index in [0.717, 1.165) is 6.54 Å². The summed E-state index contributed by atoms with van der Waals surface area (Å²) in [4.78, 5) is 6.84. The molecule has 1 unspecified atom stereocenters. The van der Waals surface area contributed by atoms with Crippen LogP contribution in [-0.4, -0.2) is 30.5 Å². The lowest BCUT2D eigenvalue weighted by Crippen LogP contribution is -2.38. The van der Waals surface area contributed by atoms with Crippen LogP contribution in [0.5, 0.6) is 0 Å². The van der Waals surface area contributed by atoms with Gasteiger partial charge in [0, 0.05) is 18.5 Å². The van der Waals surface area contributed by atoms with Crippen molar-refractivity contribution in [3.05, 3.63) is 35.4 Å². The molecule has 108 valence electrons. The van der Waals surface area contributed by atoms with Gasteiger partial charge in [0.2, 0.25) is 0 Å². The molecule has 3 heteroatoms. The normalized spacial score (nSPS) is 26.2. The Balaban J connectivity index is 1.78. The minimum Gasteiger partial charge on any atom is -0.370 e. The van der Waals surface area contributed by atoms with E-state index < -0.39 is 0 Å². The molecule has 1 aromatic rings. The van der Waals surface area contributed by atoms with Gasteiger partial charge in [0.05, 0.1) is 6.54 Å². The molecule has 0 heterocycles. The van der Waals surface area contributed by atoms with E-state index >= 15 is 0 Å². The fourth-order valence-electron chi connectivity index (χ4n) is 3.31. The van der Waals surface area contributed by atoms with Gasteiger partial charge in [0.25, 0.3) is 0 Å². The van der Waals surface area contributed by atoms with Crippen molar-refractivity contribution in [1.29, 1.82) is 0 Å². The van der Waals surface area contributed by atoms with Crippen molar-refractivity contribution >= 4 is 5.96 Å². The highest BCUT2D eigenvalue weighted by Gasteiger charge is 2.32. The van der Waals surface area contributed by atoms with Crippen molar-refractivity contribution in [3.63, 3.8) is 0 Å². The van der Waals surface area contributed by atoms with E-state index in [0.29, 0.717) is 12.0 Å². The Morgan fingerprint density at radius 1 is 1.40 bits per heavy atom. The molecule has 2 aliphatic rings. The summed E-state index contributed by atoms with van der Waals surface area (Å²) in [7, 11) is 2.06. The van der Waals surface area contributed by atoms with Crippen molar-refractivity contribution in [2.24, 2.45) is 10.7 Å². The first-order valence-electron chi connectivity index (χ1n) is 7.71. The zero-order valence-corrected chi connectivity index (χ0v) is 12.6. The second-order valence-electron chi connectivity index (χ2n) is 6.59. The predicted octanol–water partition coefficient (Wildman–Crippen LogP) is 2.69. The Morgan fingerprint density at radius 2 is 2.15 bits per heavy atom. The van der Waals surface area contributed by atoms with Crippen LogP contribution in [0, 0.1) is 0 Å². The quantitative estimate of drug-likeness (QED) is 0.678. The fraction of sp³-hybridized carbons (Fsp3) is 0.588. The Bertz CT molecular complexity index is 519. The molecule has 1 fully saturated rings. The van der Waals surface area contributed by atoms with Gasteiger partial charge in [0.15, 0.2) is 5.96 Å². The number of nitrogens with two attached hydrogens (primary N) is 1. The molecule has 0 saturated heterocycles. The number of rotatable bonds is 3. The van der Waals surface area contributed by atoms with Gasteiger partial charge in [-0.1, -0.05) is 31.2 Å². The second kappa shape index (κ2) is 5.12. The first kappa shape index (κ1) is 13.5. The molecule has 2 aliphatic carbocycles. The average molecular weight is 271 g/mol. The summed E-state index contributed by atoms with van der Waals surface area (Å²) in [6.07, 6.45) is 6.17. The highest BCUT2D eigenvalue weighted by molar-refractivity contribution is 5.78. The lowest BCUT2D eigenvalue weighted by atomic mass is 9.71. The van der Waals surface area contributed by atoms with E-state index in [9.17, 15) is 0 Å². The van der Waals surface area contributed by atoms with Gasteiger partial charge in [-0.05, 0) is 43.2 Å². The number of hydrogen-bond donors (Lipinski definition) is 1. The molecule has 1 aromatic carbocycles. The number of aryl methyl sites for hydroxylation is 1. The van der Waals surface area contributed by atoms with Crippen LogP contribution in [0.3, 0.4) is 0 Å². The number of benzene rings is 1. The second-order valence-corrected chi connectivity index (χ2v) is 6.59. The third-order valence-electron chi connectivity index (χ3n) is 4.89. The summed E-state index contributed by atoms with van der Waals surface area (Å²) in [5, 5.41) is 0. The molecule has 0 spiro atoms. The zero-order valence-electron chi connectivity index (χ0n) is 12.6. The van der Waals surface area contributed by atoms with Crippen LogP contribution >= 0.6 is 0 Å². The molecule has 0 aliphatic heterocycles. The molecular formula is C17H25N3. The lowest BCUT2D eigenvalue weighted by molar-refractivity contribution is 0.400. The summed E-state index contributed by atoms with van der Waals surface area (Å²) >= 11 is 0. The number of nitrogens with zero attached hydrogens (tertiary/aromatic N) is 2. The third kappa shape index (κ3) is 2.54. The molecule has 0 amide bonds. The number of fused-ring (bicyclic) bond motifs is 1. The van der Waals surface area contributed by atoms with E-state index in [1.54, 1.807) is 0 Å². The number of hydrogen-bond acceptors (Lipinski definition) is 1.